The number of guanidine groups is 1. The van der Waals surface area contributed by atoms with Gasteiger partial charge in [0.2, 0.25) is 0 Å². The highest BCUT2D eigenvalue weighted by molar-refractivity contribution is 14.0. The number of aliphatic imine (C=N–C) groups is 1. The molecule has 1 rings (SSSR count). The molecular weight excluding hydrogens is 417 g/mol. The molecule has 0 fully saturated rings. The summed E-state index contributed by atoms with van der Waals surface area (Å²) in [5.41, 5.74) is 0.618. The summed E-state index contributed by atoms with van der Waals surface area (Å²) in [5.74, 6) is -0.154. The first-order chi connectivity index (χ1) is 9.85. The van der Waals surface area contributed by atoms with E-state index >= 15 is 0 Å². The summed E-state index contributed by atoms with van der Waals surface area (Å²) < 4.78 is 54.3. The maximum Gasteiger partial charge on any atom is 0.390 e. The van der Waals surface area contributed by atoms with Crippen LogP contribution in [0.25, 0.3) is 0 Å². The quantitative estimate of drug-likeness (QED) is 0.324. The fourth-order valence-electron chi connectivity index (χ4n) is 1.55. The average molecular weight is 435 g/mol. The third kappa shape index (κ3) is 7.66. The van der Waals surface area contributed by atoms with Gasteiger partial charge in [-0.3, -0.25) is 4.99 Å². The van der Waals surface area contributed by atoms with Crippen LogP contribution >= 0.6 is 24.0 Å². The smallest absolute Gasteiger partial charge is 0.390 e. The van der Waals surface area contributed by atoms with Crippen molar-refractivity contribution >= 4 is 29.9 Å². The Morgan fingerprint density at radius 3 is 2.45 bits per heavy atom. The van der Waals surface area contributed by atoms with Crippen molar-refractivity contribution < 1.29 is 22.3 Å². The summed E-state index contributed by atoms with van der Waals surface area (Å²) >= 11 is 0. The number of hydrogen-bond acceptors (Lipinski definition) is 2. The lowest BCUT2D eigenvalue weighted by atomic mass is 10.2. The van der Waals surface area contributed by atoms with Gasteiger partial charge in [0.25, 0.3) is 0 Å². The van der Waals surface area contributed by atoms with E-state index in [-0.39, 0.29) is 48.8 Å². The predicted octanol–water partition coefficient (Wildman–Crippen LogP) is 3.07. The molecule has 0 amide bonds. The first-order valence-corrected chi connectivity index (χ1v) is 6.19. The van der Waals surface area contributed by atoms with E-state index in [0.717, 1.165) is 0 Å². The summed E-state index contributed by atoms with van der Waals surface area (Å²) in [7, 11) is 2.81. The molecule has 22 heavy (non-hydrogen) atoms. The lowest BCUT2D eigenvalue weighted by Crippen LogP contribution is -2.38. The number of rotatable bonds is 5. The number of nitrogens with one attached hydrogen (secondary N) is 2. The van der Waals surface area contributed by atoms with Crippen LogP contribution in [0.4, 0.5) is 17.6 Å². The van der Waals surface area contributed by atoms with E-state index in [4.69, 9.17) is 4.74 Å². The van der Waals surface area contributed by atoms with E-state index in [2.05, 4.69) is 15.6 Å². The Labute approximate surface area is 143 Å². The van der Waals surface area contributed by atoms with Crippen molar-refractivity contribution in [2.75, 3.05) is 20.7 Å². The van der Waals surface area contributed by atoms with Crippen molar-refractivity contribution in [3.8, 4) is 5.75 Å². The fourth-order valence-corrected chi connectivity index (χ4v) is 1.55. The van der Waals surface area contributed by atoms with Gasteiger partial charge in [-0.1, -0.05) is 6.07 Å². The van der Waals surface area contributed by atoms with E-state index < -0.39 is 18.4 Å². The van der Waals surface area contributed by atoms with Gasteiger partial charge >= 0.3 is 6.18 Å². The highest BCUT2D eigenvalue weighted by Gasteiger charge is 2.26. The van der Waals surface area contributed by atoms with Gasteiger partial charge in [-0.05, 0) is 17.7 Å². The molecule has 0 heterocycles. The molecule has 0 aliphatic rings. The van der Waals surface area contributed by atoms with E-state index in [1.54, 1.807) is 6.07 Å². The Bertz CT molecular complexity index is 495. The molecule has 0 spiro atoms. The van der Waals surface area contributed by atoms with Gasteiger partial charge in [0.15, 0.2) is 17.5 Å². The largest absolute Gasteiger partial charge is 0.494 e. The molecule has 9 heteroatoms. The maximum absolute atomic E-state index is 13.5. The minimum absolute atomic E-state index is 0. The normalized spacial score (nSPS) is 11.6. The number of nitrogens with zero attached hydrogens (tertiary/aromatic N) is 1. The van der Waals surface area contributed by atoms with Gasteiger partial charge in [0.1, 0.15) is 0 Å². The Kier molecular flexibility index (Phi) is 9.14. The van der Waals surface area contributed by atoms with Crippen LogP contribution in [-0.2, 0) is 6.54 Å². The Hall–Kier alpha value is -1.26. The van der Waals surface area contributed by atoms with Gasteiger partial charge < -0.3 is 15.4 Å². The van der Waals surface area contributed by atoms with Gasteiger partial charge in [0.05, 0.1) is 13.5 Å². The van der Waals surface area contributed by atoms with Crippen LogP contribution in [0, 0.1) is 5.82 Å². The van der Waals surface area contributed by atoms with E-state index in [0.29, 0.717) is 5.56 Å². The molecule has 0 saturated carbocycles. The minimum atomic E-state index is -4.22. The summed E-state index contributed by atoms with van der Waals surface area (Å²) in [6.45, 7) is -0.0489. The molecule has 1 aromatic rings. The predicted molar refractivity (Wildman–Crippen MR) is 87.2 cm³/mol. The van der Waals surface area contributed by atoms with Crippen LogP contribution in [0.5, 0.6) is 5.75 Å². The molecule has 0 saturated heterocycles. The van der Waals surface area contributed by atoms with Crippen LogP contribution in [0.2, 0.25) is 0 Å². The summed E-state index contributed by atoms with van der Waals surface area (Å²) in [5, 5.41) is 5.33. The molecule has 0 aliphatic carbocycles. The molecule has 2 N–H and O–H groups in total. The third-order valence-electron chi connectivity index (χ3n) is 2.60. The van der Waals surface area contributed by atoms with Gasteiger partial charge in [-0.25, -0.2) is 4.39 Å². The van der Waals surface area contributed by atoms with Gasteiger partial charge in [-0.15, -0.1) is 24.0 Å². The fraction of sp³-hybridized carbons (Fsp3) is 0.462. The lowest BCUT2D eigenvalue weighted by molar-refractivity contribution is -0.132. The lowest BCUT2D eigenvalue weighted by Gasteiger charge is -2.13. The molecule has 0 radical (unpaired) electrons. The number of ether oxygens (including phenoxy) is 1. The van der Waals surface area contributed by atoms with Crippen LogP contribution < -0.4 is 15.4 Å². The second-order valence-corrected chi connectivity index (χ2v) is 4.19. The average Bonchev–Trinajstić information content (AvgIpc) is 2.41. The first-order valence-electron chi connectivity index (χ1n) is 6.19. The molecule has 0 aromatic heterocycles. The van der Waals surface area contributed by atoms with Crippen molar-refractivity contribution in [2.24, 2.45) is 4.99 Å². The maximum atomic E-state index is 13.5. The van der Waals surface area contributed by atoms with Crippen molar-refractivity contribution in [3.05, 3.63) is 29.6 Å². The van der Waals surface area contributed by atoms with Crippen LogP contribution in [0.15, 0.2) is 23.2 Å². The third-order valence-corrected chi connectivity index (χ3v) is 2.60. The zero-order valence-electron chi connectivity index (χ0n) is 12.1. The molecule has 0 atom stereocenters. The highest BCUT2D eigenvalue weighted by Crippen LogP contribution is 2.18. The molecule has 126 valence electrons. The Balaban J connectivity index is 0.00000441. The molecule has 0 aliphatic heterocycles. The zero-order chi connectivity index (χ0) is 15.9. The first kappa shape index (κ1) is 20.7. The van der Waals surface area contributed by atoms with Crippen LogP contribution in [0.1, 0.15) is 12.0 Å². The molecular formula is C13H18F4IN3O. The summed E-state index contributed by atoms with van der Waals surface area (Å²) in [4.78, 5) is 3.79. The molecule has 0 unspecified atom stereocenters. The van der Waals surface area contributed by atoms with Gasteiger partial charge in [0, 0.05) is 20.1 Å². The summed E-state index contributed by atoms with van der Waals surface area (Å²) in [6, 6.07) is 4.42. The van der Waals surface area contributed by atoms with Crippen molar-refractivity contribution in [1.29, 1.82) is 0 Å². The SMILES string of the molecule is CN=C(NCCC(F)(F)F)NCc1ccc(OC)c(F)c1.I. The van der Waals surface area contributed by atoms with Crippen LogP contribution in [0.3, 0.4) is 0 Å². The molecule has 4 nitrogen and oxygen atoms in total. The standard InChI is InChI=1S/C13H17F4N3O.HI/c1-18-12(19-6-5-13(15,16)17)20-8-9-3-4-11(21-2)10(14)7-9;/h3-4,7H,5-6,8H2,1-2H3,(H2,18,19,20);1H. The van der Waals surface area contributed by atoms with E-state index in [9.17, 15) is 17.6 Å². The zero-order valence-corrected chi connectivity index (χ0v) is 14.5. The second-order valence-electron chi connectivity index (χ2n) is 4.19. The summed E-state index contributed by atoms with van der Waals surface area (Å²) in [6.07, 6.45) is -5.17. The Morgan fingerprint density at radius 1 is 1.27 bits per heavy atom. The topological polar surface area (TPSA) is 45.7 Å². The van der Waals surface area contributed by atoms with Crippen LogP contribution in [-0.4, -0.2) is 32.8 Å². The van der Waals surface area contributed by atoms with E-state index in [1.807, 2.05) is 0 Å². The number of methoxy groups -OCH3 is 1. The Morgan fingerprint density at radius 2 is 1.95 bits per heavy atom. The van der Waals surface area contributed by atoms with Crippen molar-refractivity contribution in [2.45, 2.75) is 19.1 Å². The molecule has 0 bridgehead atoms. The van der Waals surface area contributed by atoms with Crippen molar-refractivity contribution in [3.63, 3.8) is 0 Å². The van der Waals surface area contributed by atoms with Crippen molar-refractivity contribution in [1.82, 2.24) is 10.6 Å². The number of halogens is 5. The van der Waals surface area contributed by atoms with Gasteiger partial charge in [-0.2, -0.15) is 13.2 Å². The van der Waals surface area contributed by atoms with E-state index in [1.165, 1.54) is 26.3 Å². The second kappa shape index (κ2) is 9.70. The monoisotopic (exact) mass is 435 g/mol. The molecule has 1 aromatic carbocycles. The number of alkyl halides is 3. The number of benzene rings is 1. The highest BCUT2D eigenvalue weighted by atomic mass is 127. The minimum Gasteiger partial charge on any atom is -0.494 e. The number of hydrogen-bond donors (Lipinski definition) is 2.